The molecule has 0 amide bonds. The summed E-state index contributed by atoms with van der Waals surface area (Å²) < 4.78 is 6.10. The SMILES string of the molecule is Cc1ccc(C)c(OC2CCN(CCO)CC2)c1. The van der Waals surface area contributed by atoms with Crippen LogP contribution in [0.1, 0.15) is 24.0 Å². The molecular weight excluding hydrogens is 226 g/mol. The highest BCUT2D eigenvalue weighted by Crippen LogP contribution is 2.23. The lowest BCUT2D eigenvalue weighted by atomic mass is 10.1. The van der Waals surface area contributed by atoms with Gasteiger partial charge in [0.25, 0.3) is 0 Å². The molecule has 18 heavy (non-hydrogen) atoms. The molecule has 1 aromatic carbocycles. The van der Waals surface area contributed by atoms with Crippen molar-refractivity contribution in [2.24, 2.45) is 0 Å². The molecule has 0 aromatic heterocycles. The second kappa shape index (κ2) is 6.21. The zero-order chi connectivity index (χ0) is 13.0. The first-order valence-electron chi connectivity index (χ1n) is 6.76. The first-order valence-corrected chi connectivity index (χ1v) is 6.76. The van der Waals surface area contributed by atoms with Crippen LogP contribution in [0.15, 0.2) is 18.2 Å². The molecule has 0 saturated carbocycles. The maximum Gasteiger partial charge on any atom is 0.122 e. The number of aliphatic hydroxyl groups is 1. The first kappa shape index (κ1) is 13.4. The maximum absolute atomic E-state index is 8.91. The molecule has 3 nitrogen and oxygen atoms in total. The predicted molar refractivity (Wildman–Crippen MR) is 73.1 cm³/mol. The van der Waals surface area contributed by atoms with E-state index in [4.69, 9.17) is 9.84 Å². The summed E-state index contributed by atoms with van der Waals surface area (Å²) in [5.74, 6) is 1.02. The van der Waals surface area contributed by atoms with Crippen molar-refractivity contribution in [3.8, 4) is 5.75 Å². The molecule has 3 heteroatoms. The van der Waals surface area contributed by atoms with Crippen molar-refractivity contribution in [2.45, 2.75) is 32.8 Å². The molecule has 1 heterocycles. The number of β-amino-alcohol motifs (C(OH)–C–C–N with tert-alkyl or cyclic N) is 1. The van der Waals surface area contributed by atoms with E-state index in [2.05, 4.69) is 36.9 Å². The van der Waals surface area contributed by atoms with Gasteiger partial charge in [-0.1, -0.05) is 12.1 Å². The summed E-state index contributed by atoms with van der Waals surface area (Å²) in [6.07, 6.45) is 2.42. The van der Waals surface area contributed by atoms with Gasteiger partial charge < -0.3 is 14.7 Å². The van der Waals surface area contributed by atoms with Crippen LogP contribution in [0.25, 0.3) is 0 Å². The molecule has 0 unspecified atom stereocenters. The van der Waals surface area contributed by atoms with Crippen LogP contribution in [0.5, 0.6) is 5.75 Å². The molecule has 1 saturated heterocycles. The maximum atomic E-state index is 8.91. The minimum absolute atomic E-state index is 0.252. The van der Waals surface area contributed by atoms with Crippen LogP contribution in [0.3, 0.4) is 0 Å². The number of rotatable bonds is 4. The molecule has 0 aliphatic carbocycles. The fourth-order valence-electron chi connectivity index (χ4n) is 2.41. The largest absolute Gasteiger partial charge is 0.490 e. The topological polar surface area (TPSA) is 32.7 Å². The van der Waals surface area contributed by atoms with E-state index in [1.807, 2.05) is 0 Å². The van der Waals surface area contributed by atoms with Gasteiger partial charge in [-0.15, -0.1) is 0 Å². The molecule has 0 radical (unpaired) electrons. The molecule has 1 aliphatic heterocycles. The summed E-state index contributed by atoms with van der Waals surface area (Å²) in [7, 11) is 0. The number of ether oxygens (including phenoxy) is 1. The standard InChI is InChI=1S/C15H23NO2/c1-12-3-4-13(2)15(11-12)18-14-5-7-16(8-6-14)9-10-17/h3-4,11,14,17H,5-10H2,1-2H3. The molecule has 1 N–H and O–H groups in total. The zero-order valence-electron chi connectivity index (χ0n) is 11.4. The predicted octanol–water partition coefficient (Wildman–Crippen LogP) is 2.14. The number of aryl methyl sites for hydroxylation is 2. The summed E-state index contributed by atoms with van der Waals surface area (Å²) in [5, 5.41) is 8.91. The smallest absolute Gasteiger partial charge is 0.122 e. The Labute approximate surface area is 109 Å². The zero-order valence-corrected chi connectivity index (χ0v) is 11.4. The van der Waals surface area contributed by atoms with E-state index < -0.39 is 0 Å². The van der Waals surface area contributed by atoms with Gasteiger partial charge in [0.05, 0.1) is 6.61 Å². The highest BCUT2D eigenvalue weighted by Gasteiger charge is 2.20. The van der Waals surface area contributed by atoms with Gasteiger partial charge in [0.15, 0.2) is 0 Å². The molecule has 1 aromatic rings. The molecule has 0 bridgehead atoms. The van der Waals surface area contributed by atoms with E-state index in [9.17, 15) is 0 Å². The van der Waals surface area contributed by atoms with E-state index in [0.717, 1.165) is 38.2 Å². The van der Waals surface area contributed by atoms with Crippen LogP contribution >= 0.6 is 0 Å². The summed E-state index contributed by atoms with van der Waals surface area (Å²) in [6.45, 7) is 7.27. The normalized spacial score (nSPS) is 17.9. The van der Waals surface area contributed by atoms with E-state index >= 15 is 0 Å². The Morgan fingerprint density at radius 1 is 1.28 bits per heavy atom. The first-order chi connectivity index (χ1) is 8.69. The number of nitrogens with zero attached hydrogens (tertiary/aromatic N) is 1. The van der Waals surface area contributed by atoms with Crippen LogP contribution < -0.4 is 4.74 Å². The summed E-state index contributed by atoms with van der Waals surface area (Å²) in [5.41, 5.74) is 2.45. The summed E-state index contributed by atoms with van der Waals surface area (Å²) >= 11 is 0. The van der Waals surface area contributed by atoms with Crippen molar-refractivity contribution >= 4 is 0 Å². The number of piperidine rings is 1. The van der Waals surface area contributed by atoms with Crippen LogP contribution in [-0.4, -0.2) is 42.4 Å². The third-order valence-corrected chi connectivity index (χ3v) is 3.59. The van der Waals surface area contributed by atoms with Crippen LogP contribution in [0.4, 0.5) is 0 Å². The van der Waals surface area contributed by atoms with Gasteiger partial charge in [-0.05, 0) is 43.9 Å². The monoisotopic (exact) mass is 249 g/mol. The Hall–Kier alpha value is -1.06. The van der Waals surface area contributed by atoms with Crippen molar-refractivity contribution in [3.05, 3.63) is 29.3 Å². The van der Waals surface area contributed by atoms with E-state index in [0.29, 0.717) is 6.10 Å². The minimum Gasteiger partial charge on any atom is -0.490 e. The van der Waals surface area contributed by atoms with Crippen LogP contribution in [0, 0.1) is 13.8 Å². The van der Waals surface area contributed by atoms with E-state index in [-0.39, 0.29) is 6.61 Å². The number of hydrogen-bond donors (Lipinski definition) is 1. The lowest BCUT2D eigenvalue weighted by molar-refractivity contribution is 0.0884. The molecule has 1 aliphatic rings. The van der Waals surface area contributed by atoms with Crippen molar-refractivity contribution in [3.63, 3.8) is 0 Å². The molecule has 0 spiro atoms. The molecule has 2 rings (SSSR count). The Morgan fingerprint density at radius 2 is 2.00 bits per heavy atom. The van der Waals surface area contributed by atoms with Gasteiger partial charge in [0, 0.05) is 19.6 Å². The minimum atomic E-state index is 0.252. The van der Waals surface area contributed by atoms with Crippen molar-refractivity contribution in [1.82, 2.24) is 4.90 Å². The number of aliphatic hydroxyl groups excluding tert-OH is 1. The lowest BCUT2D eigenvalue weighted by Gasteiger charge is -2.32. The third-order valence-electron chi connectivity index (χ3n) is 3.59. The fraction of sp³-hybridized carbons (Fsp3) is 0.600. The van der Waals surface area contributed by atoms with Gasteiger partial charge in [-0.25, -0.2) is 0 Å². The molecule has 100 valence electrons. The Kier molecular flexibility index (Phi) is 4.61. The fourth-order valence-corrected chi connectivity index (χ4v) is 2.41. The van der Waals surface area contributed by atoms with Crippen LogP contribution in [0.2, 0.25) is 0 Å². The summed E-state index contributed by atoms with van der Waals surface area (Å²) in [6, 6.07) is 6.35. The quantitative estimate of drug-likeness (QED) is 0.887. The Balaban J connectivity index is 1.89. The van der Waals surface area contributed by atoms with Gasteiger partial charge in [0.1, 0.15) is 11.9 Å². The number of benzene rings is 1. The van der Waals surface area contributed by atoms with Gasteiger partial charge in [0.2, 0.25) is 0 Å². The third kappa shape index (κ3) is 3.47. The molecule has 0 atom stereocenters. The van der Waals surface area contributed by atoms with Crippen molar-refractivity contribution in [2.75, 3.05) is 26.2 Å². The second-order valence-electron chi connectivity index (χ2n) is 5.15. The van der Waals surface area contributed by atoms with Crippen molar-refractivity contribution in [1.29, 1.82) is 0 Å². The van der Waals surface area contributed by atoms with E-state index in [1.165, 1.54) is 11.1 Å². The van der Waals surface area contributed by atoms with Gasteiger partial charge in [-0.3, -0.25) is 0 Å². The average Bonchev–Trinajstić information content (AvgIpc) is 2.37. The highest BCUT2D eigenvalue weighted by atomic mass is 16.5. The van der Waals surface area contributed by atoms with E-state index in [1.54, 1.807) is 0 Å². The van der Waals surface area contributed by atoms with Gasteiger partial charge >= 0.3 is 0 Å². The molecular formula is C15H23NO2. The van der Waals surface area contributed by atoms with Crippen LogP contribution in [-0.2, 0) is 0 Å². The second-order valence-corrected chi connectivity index (χ2v) is 5.15. The Morgan fingerprint density at radius 3 is 2.67 bits per heavy atom. The molecule has 1 fully saturated rings. The highest BCUT2D eigenvalue weighted by molar-refractivity contribution is 5.36. The summed E-state index contributed by atoms with van der Waals surface area (Å²) in [4.78, 5) is 2.29. The van der Waals surface area contributed by atoms with Crippen molar-refractivity contribution < 1.29 is 9.84 Å². The lowest BCUT2D eigenvalue weighted by Crippen LogP contribution is -2.39. The number of hydrogen-bond acceptors (Lipinski definition) is 3. The van der Waals surface area contributed by atoms with Gasteiger partial charge in [-0.2, -0.15) is 0 Å². The average molecular weight is 249 g/mol. The Bertz CT molecular complexity index is 384. The number of likely N-dealkylation sites (tertiary alicyclic amines) is 1.